The molecule has 0 N–H and O–H groups in total. The first kappa shape index (κ1) is 52.0. The van der Waals surface area contributed by atoms with E-state index >= 15 is 0 Å². The lowest BCUT2D eigenvalue weighted by Crippen LogP contribution is -2.29. The maximum absolute atomic E-state index is 7.59. The van der Waals surface area contributed by atoms with Crippen LogP contribution in [0.15, 0.2) is 276 Å². The van der Waals surface area contributed by atoms with Gasteiger partial charge in [-0.2, -0.15) is 0 Å². The highest BCUT2D eigenvalue weighted by molar-refractivity contribution is 6.25. The Labute approximate surface area is 518 Å². The summed E-state index contributed by atoms with van der Waals surface area (Å²) in [5.41, 5.74) is 19.3. The van der Waals surface area contributed by atoms with Gasteiger partial charge in [0.15, 0.2) is 11.2 Å². The third-order valence-corrected chi connectivity index (χ3v) is 20.6. The maximum Gasteiger partial charge on any atom is 0.160 e. The van der Waals surface area contributed by atoms with Crippen molar-refractivity contribution >= 4 is 110 Å². The minimum absolute atomic E-state index is 0.470. The summed E-state index contributed by atoms with van der Waals surface area (Å²) in [5.74, 6) is 0.947. The predicted octanol–water partition coefficient (Wildman–Crippen LogP) is 24.3. The van der Waals surface area contributed by atoms with Gasteiger partial charge in [-0.3, -0.25) is 0 Å². The third kappa shape index (κ3) is 8.05. The van der Waals surface area contributed by atoms with Crippen molar-refractivity contribution in [2.45, 2.75) is 81.5 Å². The fraction of sp³-hybridized carbons (Fsp3) is 0.153. The Balaban J connectivity index is 0.922. The lowest BCUT2D eigenvalue weighted by Gasteiger charge is -2.36. The van der Waals surface area contributed by atoms with Gasteiger partial charge in [0, 0.05) is 44.0 Å². The van der Waals surface area contributed by atoms with Gasteiger partial charge in [-0.15, -0.1) is 0 Å². The average molecular weight is 1150 g/mol. The van der Waals surface area contributed by atoms with E-state index in [0.717, 1.165) is 61.8 Å². The smallest absolute Gasteiger partial charge is 0.160 e. The van der Waals surface area contributed by atoms with Crippen molar-refractivity contribution in [2.75, 3.05) is 9.80 Å². The van der Waals surface area contributed by atoms with Gasteiger partial charge in [-0.05, 0) is 164 Å². The van der Waals surface area contributed by atoms with Crippen LogP contribution >= 0.6 is 0 Å². The Morgan fingerprint density at radius 2 is 0.742 bits per heavy atom. The van der Waals surface area contributed by atoms with Crippen LogP contribution in [-0.4, -0.2) is 0 Å². The number of benzene rings is 13. The topological polar surface area (TPSA) is 32.8 Å². The Kier molecular flexibility index (Phi) is 12.3. The van der Waals surface area contributed by atoms with Crippen molar-refractivity contribution < 1.29 is 8.83 Å². The molecule has 0 saturated heterocycles. The van der Waals surface area contributed by atoms with Crippen LogP contribution in [0, 0.1) is 0 Å². The van der Waals surface area contributed by atoms with Gasteiger partial charge in [0.05, 0.1) is 22.5 Å². The quantitative estimate of drug-likeness (QED) is 0.137. The van der Waals surface area contributed by atoms with E-state index < -0.39 is 5.41 Å². The summed E-state index contributed by atoms with van der Waals surface area (Å²) < 4.78 is 15.1. The summed E-state index contributed by atoms with van der Waals surface area (Å²) in [6, 6.07) is 100. The Bertz CT molecular complexity index is 5190. The first-order valence-electron chi connectivity index (χ1n) is 32.5. The minimum atomic E-state index is -0.799. The van der Waals surface area contributed by atoms with E-state index in [0.29, 0.717) is 11.8 Å². The number of hydrogen-bond acceptors (Lipinski definition) is 4. The molecule has 15 aromatic rings. The van der Waals surface area contributed by atoms with Crippen LogP contribution in [0.25, 0.3) is 87.3 Å². The SMILES string of the molecule is c1ccc(N(c2ccc3c(c2)C(c2ccccc2)(c2ccccc2)c2cc(N(c4ccccc4)c4cc5ccccc5c5c4oc4c(C6CCCCC6)cccc45)c4ccccc4c2-3)c2cc3ccccc3c3c2oc2c(C4CCCCC4)cccc23)cc1. The van der Waals surface area contributed by atoms with E-state index in [1.807, 2.05) is 0 Å². The van der Waals surface area contributed by atoms with E-state index in [1.165, 1.54) is 157 Å². The number of furan rings is 2. The molecule has 2 saturated carbocycles. The summed E-state index contributed by atoms with van der Waals surface area (Å²) in [5, 5.41) is 11.8. The van der Waals surface area contributed by atoms with Crippen LogP contribution in [0.3, 0.4) is 0 Å². The third-order valence-electron chi connectivity index (χ3n) is 20.6. The molecule has 2 aromatic heterocycles. The lowest BCUT2D eigenvalue weighted by molar-refractivity contribution is 0.442. The number of anilines is 6. The molecular formula is C85H66N2O2. The highest BCUT2D eigenvalue weighted by Crippen LogP contribution is 2.62. The van der Waals surface area contributed by atoms with Crippen LogP contribution in [-0.2, 0) is 5.41 Å². The zero-order valence-electron chi connectivity index (χ0n) is 49.8. The van der Waals surface area contributed by atoms with Gasteiger partial charge in [0.1, 0.15) is 11.2 Å². The minimum Gasteiger partial charge on any atom is -0.454 e. The van der Waals surface area contributed by atoms with Crippen LogP contribution in [0.4, 0.5) is 34.1 Å². The number of fused-ring (bicyclic) bond motifs is 15. The number of hydrogen-bond donors (Lipinski definition) is 0. The Morgan fingerprint density at radius 3 is 1.27 bits per heavy atom. The van der Waals surface area contributed by atoms with E-state index in [1.54, 1.807) is 0 Å². The van der Waals surface area contributed by atoms with Crippen molar-refractivity contribution in [3.05, 3.63) is 300 Å². The van der Waals surface area contributed by atoms with Crippen molar-refractivity contribution in [3.63, 3.8) is 0 Å². The van der Waals surface area contributed by atoms with Gasteiger partial charge in [0.2, 0.25) is 0 Å². The summed E-state index contributed by atoms with van der Waals surface area (Å²) in [6.45, 7) is 0. The normalized spacial score (nSPS) is 15.2. The summed E-state index contributed by atoms with van der Waals surface area (Å²) >= 11 is 0. The van der Waals surface area contributed by atoms with E-state index in [2.05, 4.69) is 277 Å². The van der Waals surface area contributed by atoms with Crippen LogP contribution in [0.2, 0.25) is 0 Å². The molecule has 89 heavy (non-hydrogen) atoms. The molecule has 4 heteroatoms. The fourth-order valence-electron chi connectivity index (χ4n) is 16.7. The molecule has 2 heterocycles. The fourth-order valence-corrected chi connectivity index (χ4v) is 16.7. The molecule has 18 rings (SSSR count). The predicted molar refractivity (Wildman–Crippen MR) is 372 cm³/mol. The second-order valence-corrected chi connectivity index (χ2v) is 25.4. The first-order chi connectivity index (χ1) is 44.2. The van der Waals surface area contributed by atoms with Crippen molar-refractivity contribution in [1.29, 1.82) is 0 Å². The van der Waals surface area contributed by atoms with Crippen molar-refractivity contribution in [3.8, 4) is 11.1 Å². The lowest BCUT2D eigenvalue weighted by atomic mass is 9.67. The molecule has 0 unspecified atom stereocenters. The van der Waals surface area contributed by atoms with E-state index in [9.17, 15) is 0 Å². The standard InChI is InChI=1S/C85H66N2O2/c1-7-27-55(28-8-1)66-45-25-47-71-79-64-41-21-19-31-57(64)51-76(83(79)88-81(66)71)86(61-37-15-5-16-38-61)63-49-50-70-73(53-63)85(59-33-11-3-12-34-59,60-35-13-4-14-36-60)74-54-75(68-43-23-24-44-69(68)78(70)74)87(62-39-17-6-18-40-62)77-52-58-32-20-22-42-65(58)80-72-48-26-46-67(82(72)89-84(77)80)56-29-9-2-10-30-56/h3-6,11-26,31-56H,1-2,7-10,27-30H2. The van der Waals surface area contributed by atoms with E-state index in [4.69, 9.17) is 8.83 Å². The second-order valence-electron chi connectivity index (χ2n) is 25.4. The number of nitrogens with zero attached hydrogens (tertiary/aromatic N) is 2. The molecule has 13 aromatic carbocycles. The number of rotatable bonds is 10. The van der Waals surface area contributed by atoms with Gasteiger partial charge >= 0.3 is 0 Å². The molecule has 0 atom stereocenters. The summed E-state index contributed by atoms with van der Waals surface area (Å²) in [4.78, 5) is 4.99. The highest BCUT2D eigenvalue weighted by Gasteiger charge is 2.48. The Hall–Kier alpha value is -10.2. The summed E-state index contributed by atoms with van der Waals surface area (Å²) in [6.07, 6.45) is 12.4. The highest BCUT2D eigenvalue weighted by atomic mass is 16.3. The van der Waals surface area contributed by atoms with Gasteiger partial charge in [0.25, 0.3) is 0 Å². The Morgan fingerprint density at radius 1 is 0.303 bits per heavy atom. The summed E-state index contributed by atoms with van der Waals surface area (Å²) in [7, 11) is 0. The van der Waals surface area contributed by atoms with Crippen LogP contribution < -0.4 is 9.80 Å². The molecule has 3 aliphatic rings. The van der Waals surface area contributed by atoms with Gasteiger partial charge in [-0.1, -0.05) is 251 Å². The average Bonchev–Trinajstić information content (AvgIpc) is 1.57. The molecule has 4 nitrogen and oxygen atoms in total. The molecule has 0 amide bonds. The maximum atomic E-state index is 7.59. The van der Waals surface area contributed by atoms with Gasteiger partial charge in [-0.25, -0.2) is 0 Å². The second kappa shape index (κ2) is 21.0. The molecular weight excluding hydrogens is 1080 g/mol. The number of para-hydroxylation sites is 4. The first-order valence-corrected chi connectivity index (χ1v) is 32.5. The molecule has 428 valence electrons. The molecule has 0 spiro atoms. The molecule has 0 aliphatic heterocycles. The van der Waals surface area contributed by atoms with Gasteiger partial charge < -0.3 is 18.6 Å². The van der Waals surface area contributed by atoms with Crippen molar-refractivity contribution in [1.82, 2.24) is 0 Å². The monoisotopic (exact) mass is 1150 g/mol. The van der Waals surface area contributed by atoms with Crippen molar-refractivity contribution in [2.24, 2.45) is 0 Å². The van der Waals surface area contributed by atoms with E-state index in [-0.39, 0.29) is 0 Å². The van der Waals surface area contributed by atoms with Crippen LogP contribution in [0.1, 0.15) is 109 Å². The van der Waals surface area contributed by atoms with Crippen LogP contribution in [0.5, 0.6) is 0 Å². The molecule has 3 aliphatic carbocycles. The zero-order chi connectivity index (χ0) is 58.6. The molecule has 0 radical (unpaired) electrons. The molecule has 0 bridgehead atoms. The largest absolute Gasteiger partial charge is 0.454 e. The molecule has 2 fully saturated rings. The zero-order valence-corrected chi connectivity index (χ0v) is 49.8.